The second kappa shape index (κ2) is 10.5. The van der Waals surface area contributed by atoms with Gasteiger partial charge in [0, 0.05) is 5.56 Å². The van der Waals surface area contributed by atoms with Gasteiger partial charge in [0.25, 0.3) is 10.0 Å². The third kappa shape index (κ3) is 5.73. The summed E-state index contributed by atoms with van der Waals surface area (Å²) in [5.74, 6) is 0.549. The summed E-state index contributed by atoms with van der Waals surface area (Å²) in [5, 5.41) is 2.90. The fraction of sp³-hybridized carbons (Fsp3) is 0.269. The minimum atomic E-state index is -3.95. The molecule has 0 aliphatic heterocycles. The molecule has 33 heavy (non-hydrogen) atoms. The van der Waals surface area contributed by atoms with Crippen molar-refractivity contribution in [3.05, 3.63) is 90.0 Å². The SMILES string of the molecule is COc1ccccc1C(C)NC(=O)CN(c1ccc(C(C)C)cc1)S(=O)(=O)c1ccccc1. The van der Waals surface area contributed by atoms with Crippen LogP contribution in [0.1, 0.15) is 43.9 Å². The van der Waals surface area contributed by atoms with Crippen LogP contribution in [-0.2, 0) is 14.8 Å². The number of hydrogen-bond donors (Lipinski definition) is 1. The molecule has 7 heteroatoms. The highest BCUT2D eigenvalue weighted by Gasteiger charge is 2.28. The normalized spacial score (nSPS) is 12.3. The lowest BCUT2D eigenvalue weighted by Gasteiger charge is -2.26. The quantitative estimate of drug-likeness (QED) is 0.487. The molecule has 0 saturated carbocycles. The molecule has 1 atom stereocenters. The van der Waals surface area contributed by atoms with Gasteiger partial charge in [0.05, 0.1) is 23.7 Å². The number of nitrogens with one attached hydrogen (secondary N) is 1. The zero-order valence-electron chi connectivity index (χ0n) is 19.4. The van der Waals surface area contributed by atoms with E-state index >= 15 is 0 Å². The van der Waals surface area contributed by atoms with Crippen molar-refractivity contribution in [2.45, 2.75) is 37.6 Å². The van der Waals surface area contributed by atoms with Crippen LogP contribution >= 0.6 is 0 Å². The maximum atomic E-state index is 13.5. The Morgan fingerprint density at radius 3 is 2.12 bits per heavy atom. The average Bonchev–Trinajstić information content (AvgIpc) is 2.83. The Morgan fingerprint density at radius 2 is 1.52 bits per heavy atom. The zero-order valence-corrected chi connectivity index (χ0v) is 20.2. The van der Waals surface area contributed by atoms with E-state index in [1.54, 1.807) is 37.4 Å². The van der Waals surface area contributed by atoms with Crippen molar-refractivity contribution >= 4 is 21.6 Å². The molecule has 1 N–H and O–H groups in total. The van der Waals surface area contributed by atoms with Crippen molar-refractivity contribution in [2.75, 3.05) is 18.0 Å². The Balaban J connectivity index is 1.90. The van der Waals surface area contributed by atoms with Crippen molar-refractivity contribution in [3.8, 4) is 5.75 Å². The molecule has 0 aliphatic rings. The van der Waals surface area contributed by atoms with Gasteiger partial charge in [-0.05, 0) is 48.7 Å². The number of nitrogens with zero attached hydrogens (tertiary/aromatic N) is 1. The number of carbonyl (C=O) groups is 1. The predicted octanol–water partition coefficient (Wildman–Crippen LogP) is 4.89. The number of ether oxygens (including phenoxy) is 1. The van der Waals surface area contributed by atoms with Crippen LogP contribution in [0, 0.1) is 0 Å². The van der Waals surface area contributed by atoms with Crippen LogP contribution in [0.5, 0.6) is 5.75 Å². The van der Waals surface area contributed by atoms with Crippen molar-refractivity contribution in [2.24, 2.45) is 0 Å². The molecule has 6 nitrogen and oxygen atoms in total. The molecule has 1 unspecified atom stereocenters. The van der Waals surface area contributed by atoms with Gasteiger partial charge in [0.15, 0.2) is 0 Å². The minimum Gasteiger partial charge on any atom is -0.496 e. The van der Waals surface area contributed by atoms with E-state index in [1.165, 1.54) is 12.1 Å². The van der Waals surface area contributed by atoms with E-state index in [0.29, 0.717) is 17.4 Å². The van der Waals surface area contributed by atoms with Gasteiger partial charge in [-0.1, -0.05) is 62.4 Å². The molecule has 0 saturated heterocycles. The van der Waals surface area contributed by atoms with Crippen molar-refractivity contribution in [3.63, 3.8) is 0 Å². The number of para-hydroxylation sites is 1. The van der Waals surface area contributed by atoms with Crippen LogP contribution in [0.2, 0.25) is 0 Å². The third-order valence-electron chi connectivity index (χ3n) is 5.45. The smallest absolute Gasteiger partial charge is 0.264 e. The van der Waals surface area contributed by atoms with Crippen molar-refractivity contribution < 1.29 is 17.9 Å². The van der Waals surface area contributed by atoms with E-state index in [2.05, 4.69) is 19.2 Å². The van der Waals surface area contributed by atoms with Crippen LogP contribution in [0.15, 0.2) is 83.8 Å². The number of methoxy groups -OCH3 is 1. The standard InChI is InChI=1S/C26H30N2O4S/c1-19(2)21-14-16-22(17-15-21)28(33(30,31)23-10-6-5-7-11-23)18-26(29)27-20(3)24-12-8-9-13-25(24)32-4/h5-17,19-20H,18H2,1-4H3,(H,27,29). The first-order valence-electron chi connectivity index (χ1n) is 10.8. The minimum absolute atomic E-state index is 0.128. The average molecular weight is 467 g/mol. The van der Waals surface area contributed by atoms with E-state index in [4.69, 9.17) is 4.74 Å². The van der Waals surface area contributed by atoms with Gasteiger partial charge in [-0.25, -0.2) is 8.42 Å². The second-order valence-electron chi connectivity index (χ2n) is 8.10. The van der Waals surface area contributed by atoms with Crippen molar-refractivity contribution in [1.29, 1.82) is 0 Å². The summed E-state index contributed by atoms with van der Waals surface area (Å²) in [4.78, 5) is 13.1. The Labute approximate surface area is 196 Å². The van der Waals surface area contributed by atoms with E-state index < -0.39 is 15.9 Å². The number of hydrogen-bond acceptors (Lipinski definition) is 4. The number of carbonyl (C=O) groups excluding carboxylic acids is 1. The number of amides is 1. The van der Waals surface area contributed by atoms with Crippen LogP contribution < -0.4 is 14.4 Å². The van der Waals surface area contributed by atoms with Crippen LogP contribution in [0.4, 0.5) is 5.69 Å². The molecule has 3 aromatic carbocycles. The number of sulfonamides is 1. The molecular formula is C26H30N2O4S. The highest BCUT2D eigenvalue weighted by molar-refractivity contribution is 7.92. The third-order valence-corrected chi connectivity index (χ3v) is 7.24. The molecule has 3 rings (SSSR count). The topological polar surface area (TPSA) is 75.7 Å². The molecule has 0 fully saturated rings. The number of rotatable bonds is 9. The largest absolute Gasteiger partial charge is 0.496 e. The number of benzene rings is 3. The molecule has 0 aliphatic carbocycles. The molecule has 1 amide bonds. The summed E-state index contributed by atoms with van der Waals surface area (Å²) < 4.78 is 33.5. The summed E-state index contributed by atoms with van der Waals surface area (Å²) in [6, 6.07) is 22.4. The van der Waals surface area contributed by atoms with Gasteiger partial charge in [0.1, 0.15) is 12.3 Å². The Bertz CT molecular complexity index is 1180. The molecule has 3 aromatic rings. The van der Waals surface area contributed by atoms with E-state index in [1.807, 2.05) is 43.3 Å². The van der Waals surface area contributed by atoms with Gasteiger partial charge < -0.3 is 10.1 Å². The summed E-state index contributed by atoms with van der Waals surface area (Å²) in [6.07, 6.45) is 0. The second-order valence-corrected chi connectivity index (χ2v) is 9.96. The molecule has 174 valence electrons. The fourth-order valence-corrected chi connectivity index (χ4v) is 5.02. The van der Waals surface area contributed by atoms with Crippen molar-refractivity contribution in [1.82, 2.24) is 5.32 Å². The zero-order chi connectivity index (χ0) is 24.0. The summed E-state index contributed by atoms with van der Waals surface area (Å²) in [7, 11) is -2.38. The lowest BCUT2D eigenvalue weighted by Crippen LogP contribution is -2.41. The Kier molecular flexibility index (Phi) is 7.76. The Morgan fingerprint density at radius 1 is 0.909 bits per heavy atom. The first-order chi connectivity index (χ1) is 15.7. The summed E-state index contributed by atoms with van der Waals surface area (Å²) in [5.41, 5.74) is 2.33. The van der Waals surface area contributed by atoms with Crippen LogP contribution in [0.25, 0.3) is 0 Å². The van der Waals surface area contributed by atoms with Gasteiger partial charge in [-0.3, -0.25) is 9.10 Å². The summed E-state index contributed by atoms with van der Waals surface area (Å²) >= 11 is 0. The van der Waals surface area contributed by atoms with E-state index in [0.717, 1.165) is 15.4 Å². The van der Waals surface area contributed by atoms with Gasteiger partial charge in [0.2, 0.25) is 5.91 Å². The molecule has 0 radical (unpaired) electrons. The van der Waals surface area contributed by atoms with Crippen LogP contribution in [-0.4, -0.2) is 28.0 Å². The first kappa shape index (κ1) is 24.3. The Hall–Kier alpha value is -3.32. The van der Waals surface area contributed by atoms with E-state index in [9.17, 15) is 13.2 Å². The molecular weight excluding hydrogens is 436 g/mol. The molecule has 0 heterocycles. The maximum absolute atomic E-state index is 13.5. The predicted molar refractivity (Wildman–Crippen MR) is 131 cm³/mol. The summed E-state index contributed by atoms with van der Waals surface area (Å²) in [6.45, 7) is 5.63. The molecule has 0 bridgehead atoms. The van der Waals surface area contributed by atoms with E-state index in [-0.39, 0.29) is 17.5 Å². The molecule has 0 aromatic heterocycles. The van der Waals surface area contributed by atoms with Gasteiger partial charge in [-0.15, -0.1) is 0 Å². The highest BCUT2D eigenvalue weighted by Crippen LogP contribution is 2.27. The van der Waals surface area contributed by atoms with Gasteiger partial charge >= 0.3 is 0 Å². The molecule has 0 spiro atoms. The lowest BCUT2D eigenvalue weighted by molar-refractivity contribution is -0.120. The first-order valence-corrected chi connectivity index (χ1v) is 12.3. The van der Waals surface area contributed by atoms with Crippen LogP contribution in [0.3, 0.4) is 0 Å². The lowest BCUT2D eigenvalue weighted by atomic mass is 10.0. The highest BCUT2D eigenvalue weighted by atomic mass is 32.2. The maximum Gasteiger partial charge on any atom is 0.264 e. The number of anilines is 1. The monoisotopic (exact) mass is 466 g/mol. The van der Waals surface area contributed by atoms with Gasteiger partial charge in [-0.2, -0.15) is 0 Å². The fourth-order valence-electron chi connectivity index (χ4n) is 3.58.